The average Bonchev–Trinajstić information content (AvgIpc) is 2.71. The molecule has 26 heavy (non-hydrogen) atoms. The summed E-state index contributed by atoms with van der Waals surface area (Å²) in [5.74, 6) is -0.223. The molecule has 1 aliphatic heterocycles. The molecule has 2 amide bonds. The van der Waals surface area contributed by atoms with E-state index in [-0.39, 0.29) is 40.8 Å². The third-order valence-electron chi connectivity index (χ3n) is 5.21. The van der Waals surface area contributed by atoms with Crippen LogP contribution >= 0.6 is 0 Å². The number of carbonyl (C=O) groups excluding carboxylic acids is 2. The predicted octanol–water partition coefficient (Wildman–Crippen LogP) is 2.55. The van der Waals surface area contributed by atoms with Crippen LogP contribution in [0.5, 0.6) is 0 Å². The van der Waals surface area contributed by atoms with Crippen molar-refractivity contribution in [2.45, 2.75) is 57.4 Å². The van der Waals surface area contributed by atoms with E-state index in [9.17, 15) is 18.0 Å². The average molecular weight is 378 g/mol. The van der Waals surface area contributed by atoms with Crippen molar-refractivity contribution in [2.75, 3.05) is 6.54 Å². The summed E-state index contributed by atoms with van der Waals surface area (Å²) >= 11 is 0. The first-order chi connectivity index (χ1) is 12.1. The van der Waals surface area contributed by atoms with Gasteiger partial charge in [0.15, 0.2) is 0 Å². The number of amides is 2. The van der Waals surface area contributed by atoms with E-state index in [1.807, 2.05) is 0 Å². The van der Waals surface area contributed by atoms with Gasteiger partial charge in [-0.3, -0.25) is 9.59 Å². The van der Waals surface area contributed by atoms with Crippen molar-refractivity contribution < 1.29 is 18.0 Å². The van der Waals surface area contributed by atoms with Crippen LogP contribution in [0.15, 0.2) is 29.2 Å². The Morgan fingerprint density at radius 2 is 1.96 bits per heavy atom. The van der Waals surface area contributed by atoms with Crippen LogP contribution in [0.25, 0.3) is 0 Å². The molecule has 0 saturated heterocycles. The van der Waals surface area contributed by atoms with E-state index in [4.69, 9.17) is 0 Å². The Bertz CT molecular complexity index is 832. The number of hydrogen-bond acceptors (Lipinski definition) is 4. The first-order valence-electron chi connectivity index (χ1n) is 9.06. The minimum atomic E-state index is -3.85. The van der Waals surface area contributed by atoms with Gasteiger partial charge in [-0.25, -0.2) is 12.7 Å². The highest BCUT2D eigenvalue weighted by atomic mass is 32.2. The second-order valence-electron chi connectivity index (χ2n) is 8.31. The molecule has 0 unspecified atom stereocenters. The van der Waals surface area contributed by atoms with Crippen molar-refractivity contribution in [1.82, 2.24) is 9.62 Å². The summed E-state index contributed by atoms with van der Waals surface area (Å²) in [4.78, 5) is 24.7. The van der Waals surface area contributed by atoms with E-state index in [1.54, 1.807) is 12.1 Å². The third kappa shape index (κ3) is 3.63. The maximum atomic E-state index is 12.5. The Kier molecular flexibility index (Phi) is 4.86. The van der Waals surface area contributed by atoms with Crippen molar-refractivity contribution >= 4 is 21.8 Å². The van der Waals surface area contributed by atoms with Crippen LogP contribution in [-0.4, -0.2) is 37.1 Å². The summed E-state index contributed by atoms with van der Waals surface area (Å²) in [5.41, 5.74) is 0.363. The van der Waals surface area contributed by atoms with E-state index in [1.165, 1.54) is 12.1 Å². The Labute approximate surface area is 155 Å². The van der Waals surface area contributed by atoms with Gasteiger partial charge >= 0.3 is 0 Å². The Balaban J connectivity index is 1.61. The third-order valence-corrected chi connectivity index (χ3v) is 7.05. The second kappa shape index (κ2) is 6.68. The summed E-state index contributed by atoms with van der Waals surface area (Å²) in [6.07, 6.45) is 2.96. The van der Waals surface area contributed by atoms with Gasteiger partial charge in [-0.2, -0.15) is 0 Å². The first-order valence-corrected chi connectivity index (χ1v) is 10.5. The van der Waals surface area contributed by atoms with Gasteiger partial charge in [0.05, 0.1) is 5.56 Å². The molecule has 6 nitrogen and oxygen atoms in total. The quantitative estimate of drug-likeness (QED) is 0.873. The zero-order valence-corrected chi connectivity index (χ0v) is 16.3. The monoisotopic (exact) mass is 378 g/mol. The maximum absolute atomic E-state index is 12.5. The molecule has 0 spiro atoms. The largest absolute Gasteiger partial charge is 0.353 e. The standard InChI is InChI=1S/C19H26N2O4S/c1-13-10-14(12-19(2,3)11-13)20-17(22)8-9-21-18(23)15-6-4-5-7-16(15)26(21,24)25/h4-7,13-14H,8-12H2,1-3H3,(H,20,22)/t13-,14+/m0/s1. The Hall–Kier alpha value is -1.89. The van der Waals surface area contributed by atoms with Gasteiger partial charge in [-0.05, 0) is 42.7 Å². The number of hydrogen-bond donors (Lipinski definition) is 1. The summed E-state index contributed by atoms with van der Waals surface area (Å²) in [6, 6.07) is 6.25. The molecule has 1 N–H and O–H groups in total. The van der Waals surface area contributed by atoms with E-state index >= 15 is 0 Å². The van der Waals surface area contributed by atoms with E-state index in [2.05, 4.69) is 26.1 Å². The van der Waals surface area contributed by atoms with Crippen LogP contribution < -0.4 is 5.32 Å². The molecule has 3 rings (SSSR count). The number of nitrogens with zero attached hydrogens (tertiary/aromatic N) is 1. The summed E-state index contributed by atoms with van der Waals surface area (Å²) in [6.45, 7) is 6.46. The minimum Gasteiger partial charge on any atom is -0.353 e. The molecule has 2 aliphatic rings. The molecule has 1 fully saturated rings. The van der Waals surface area contributed by atoms with E-state index < -0.39 is 15.9 Å². The fraction of sp³-hybridized carbons (Fsp3) is 0.579. The highest BCUT2D eigenvalue weighted by Gasteiger charge is 2.41. The van der Waals surface area contributed by atoms with Crippen LogP contribution in [0, 0.1) is 11.3 Å². The fourth-order valence-corrected chi connectivity index (χ4v) is 5.98. The van der Waals surface area contributed by atoms with Crippen LogP contribution in [-0.2, 0) is 14.8 Å². The molecule has 1 aromatic rings. The van der Waals surface area contributed by atoms with Crippen molar-refractivity contribution in [3.63, 3.8) is 0 Å². The first kappa shape index (κ1) is 18.9. The molecule has 1 aromatic carbocycles. The number of carbonyl (C=O) groups is 2. The lowest BCUT2D eigenvalue weighted by atomic mass is 9.70. The maximum Gasteiger partial charge on any atom is 0.269 e. The topological polar surface area (TPSA) is 83.6 Å². The number of nitrogens with one attached hydrogen (secondary N) is 1. The van der Waals surface area contributed by atoms with Gasteiger partial charge in [-0.15, -0.1) is 0 Å². The lowest BCUT2D eigenvalue weighted by molar-refractivity contribution is -0.122. The summed E-state index contributed by atoms with van der Waals surface area (Å²) < 4.78 is 25.8. The number of rotatable bonds is 4. The van der Waals surface area contributed by atoms with Crippen LogP contribution in [0.4, 0.5) is 0 Å². The molecular weight excluding hydrogens is 352 g/mol. The summed E-state index contributed by atoms with van der Waals surface area (Å²) in [7, 11) is -3.85. The van der Waals surface area contributed by atoms with Gasteiger partial charge in [0, 0.05) is 19.0 Å². The Morgan fingerprint density at radius 3 is 2.62 bits per heavy atom. The normalized spacial score (nSPS) is 26.4. The molecular formula is C19H26N2O4S. The van der Waals surface area contributed by atoms with E-state index in [0.29, 0.717) is 5.92 Å². The van der Waals surface area contributed by atoms with Gasteiger partial charge in [-0.1, -0.05) is 32.9 Å². The minimum absolute atomic E-state index is 0.0215. The van der Waals surface area contributed by atoms with Crippen LogP contribution in [0.2, 0.25) is 0 Å². The number of fused-ring (bicyclic) bond motifs is 1. The number of sulfonamides is 1. The number of benzene rings is 1. The van der Waals surface area contributed by atoms with Crippen LogP contribution in [0.3, 0.4) is 0 Å². The zero-order valence-electron chi connectivity index (χ0n) is 15.5. The molecule has 2 atom stereocenters. The van der Waals surface area contributed by atoms with Gasteiger partial charge in [0.2, 0.25) is 5.91 Å². The van der Waals surface area contributed by atoms with Gasteiger partial charge in [0.25, 0.3) is 15.9 Å². The SMILES string of the molecule is C[C@H]1C[C@@H](NC(=O)CCN2C(=O)c3ccccc3S2(=O)=O)CC(C)(C)C1. The highest BCUT2D eigenvalue weighted by Crippen LogP contribution is 2.38. The molecule has 0 bridgehead atoms. The molecule has 0 aromatic heterocycles. The van der Waals surface area contributed by atoms with Crippen molar-refractivity contribution in [1.29, 1.82) is 0 Å². The highest BCUT2D eigenvalue weighted by molar-refractivity contribution is 7.90. The predicted molar refractivity (Wildman–Crippen MR) is 98.0 cm³/mol. The lowest BCUT2D eigenvalue weighted by Gasteiger charge is -2.39. The van der Waals surface area contributed by atoms with Crippen LogP contribution in [0.1, 0.15) is 56.8 Å². The summed E-state index contributed by atoms with van der Waals surface area (Å²) in [5, 5.41) is 3.02. The smallest absolute Gasteiger partial charge is 0.269 e. The molecule has 1 saturated carbocycles. The lowest BCUT2D eigenvalue weighted by Crippen LogP contribution is -2.44. The molecule has 0 radical (unpaired) electrons. The zero-order chi connectivity index (χ0) is 19.1. The Morgan fingerprint density at radius 1 is 1.27 bits per heavy atom. The van der Waals surface area contributed by atoms with E-state index in [0.717, 1.165) is 23.6 Å². The van der Waals surface area contributed by atoms with Gasteiger partial charge < -0.3 is 5.32 Å². The second-order valence-corrected chi connectivity index (χ2v) is 10.1. The van der Waals surface area contributed by atoms with Crippen molar-refractivity contribution in [3.8, 4) is 0 Å². The molecule has 1 heterocycles. The molecule has 142 valence electrons. The fourth-order valence-electron chi connectivity index (χ4n) is 4.41. The molecule has 1 aliphatic carbocycles. The van der Waals surface area contributed by atoms with Crippen molar-refractivity contribution in [3.05, 3.63) is 29.8 Å². The van der Waals surface area contributed by atoms with Gasteiger partial charge in [0.1, 0.15) is 4.90 Å². The van der Waals surface area contributed by atoms with Crippen molar-refractivity contribution in [2.24, 2.45) is 11.3 Å². The molecule has 7 heteroatoms.